The Bertz CT molecular complexity index is 1090. The standard InChI is InChI=1S/C26H27N3O4/c1-27-25(31)26(16-20-7-5-8-21(15-20)22-9-6-12-28-17-22)19-29(13-14-33-26)24(30)18-32-23-10-3-2-4-11-23/h2-12,15,17H,13-14,16,18-19H2,1H3,(H,27,31). The second-order valence-electron chi connectivity index (χ2n) is 7.96. The maximum absolute atomic E-state index is 13.0. The van der Waals surface area contributed by atoms with Gasteiger partial charge < -0.3 is 19.7 Å². The zero-order valence-electron chi connectivity index (χ0n) is 18.6. The minimum atomic E-state index is -1.18. The molecule has 4 rings (SSSR count). The highest BCUT2D eigenvalue weighted by molar-refractivity contribution is 5.87. The summed E-state index contributed by atoms with van der Waals surface area (Å²) in [6.45, 7) is 0.739. The van der Waals surface area contributed by atoms with Crippen LogP contribution in [-0.2, 0) is 20.7 Å². The van der Waals surface area contributed by atoms with E-state index in [9.17, 15) is 9.59 Å². The third-order valence-corrected chi connectivity index (χ3v) is 5.70. The number of nitrogens with zero attached hydrogens (tertiary/aromatic N) is 2. The number of hydrogen-bond acceptors (Lipinski definition) is 5. The minimum Gasteiger partial charge on any atom is -0.484 e. The quantitative estimate of drug-likeness (QED) is 0.605. The maximum Gasteiger partial charge on any atom is 0.260 e. The molecular weight excluding hydrogens is 418 g/mol. The highest BCUT2D eigenvalue weighted by atomic mass is 16.5. The summed E-state index contributed by atoms with van der Waals surface area (Å²) in [5.41, 5.74) is 1.76. The fourth-order valence-electron chi connectivity index (χ4n) is 4.03. The third kappa shape index (κ3) is 5.38. The Labute approximate surface area is 193 Å². The summed E-state index contributed by atoms with van der Waals surface area (Å²) >= 11 is 0. The fraction of sp³-hybridized carbons (Fsp3) is 0.269. The van der Waals surface area contributed by atoms with E-state index in [2.05, 4.69) is 10.3 Å². The van der Waals surface area contributed by atoms with Crippen molar-refractivity contribution in [1.29, 1.82) is 0 Å². The summed E-state index contributed by atoms with van der Waals surface area (Å²) in [5.74, 6) is 0.194. The molecular formula is C26H27N3O4. The van der Waals surface area contributed by atoms with Crippen LogP contribution in [0.1, 0.15) is 5.56 Å². The van der Waals surface area contributed by atoms with Gasteiger partial charge in [0.1, 0.15) is 5.75 Å². The molecule has 3 aromatic rings. The van der Waals surface area contributed by atoms with Crippen LogP contribution in [0.5, 0.6) is 5.75 Å². The summed E-state index contributed by atoms with van der Waals surface area (Å²) in [7, 11) is 1.58. The largest absolute Gasteiger partial charge is 0.484 e. The van der Waals surface area contributed by atoms with Crippen molar-refractivity contribution in [2.75, 3.05) is 33.4 Å². The SMILES string of the molecule is CNC(=O)C1(Cc2cccc(-c3cccnc3)c2)CN(C(=O)COc2ccccc2)CCO1. The lowest BCUT2D eigenvalue weighted by Gasteiger charge is -2.41. The number of amides is 2. The number of likely N-dealkylation sites (N-methyl/N-ethyl adjacent to an activating group) is 1. The van der Waals surface area contributed by atoms with E-state index < -0.39 is 5.60 Å². The molecule has 2 heterocycles. The predicted molar refractivity (Wildman–Crippen MR) is 125 cm³/mol. The van der Waals surface area contributed by atoms with Gasteiger partial charge in [-0.05, 0) is 34.9 Å². The maximum atomic E-state index is 13.0. The van der Waals surface area contributed by atoms with E-state index in [4.69, 9.17) is 9.47 Å². The number of aromatic nitrogens is 1. The number of ether oxygens (including phenoxy) is 2. The molecule has 7 nitrogen and oxygen atoms in total. The number of morpholine rings is 1. The molecule has 7 heteroatoms. The highest BCUT2D eigenvalue weighted by Gasteiger charge is 2.44. The first kappa shape index (κ1) is 22.5. The summed E-state index contributed by atoms with van der Waals surface area (Å²) in [4.78, 5) is 31.7. The lowest BCUT2D eigenvalue weighted by molar-refractivity contribution is -0.166. The monoisotopic (exact) mass is 445 g/mol. The minimum absolute atomic E-state index is 0.0929. The van der Waals surface area contributed by atoms with Crippen LogP contribution in [-0.4, -0.2) is 60.7 Å². The van der Waals surface area contributed by atoms with E-state index in [0.717, 1.165) is 16.7 Å². The van der Waals surface area contributed by atoms with Crippen LogP contribution in [0, 0.1) is 0 Å². The lowest BCUT2D eigenvalue weighted by atomic mass is 9.90. The van der Waals surface area contributed by atoms with Crippen molar-refractivity contribution in [2.45, 2.75) is 12.0 Å². The second-order valence-corrected chi connectivity index (χ2v) is 7.96. The Morgan fingerprint density at radius 2 is 1.91 bits per heavy atom. The van der Waals surface area contributed by atoms with Crippen molar-refractivity contribution in [3.63, 3.8) is 0 Å². The first-order valence-electron chi connectivity index (χ1n) is 10.9. The van der Waals surface area contributed by atoms with Crippen molar-refractivity contribution < 1.29 is 19.1 Å². The highest BCUT2D eigenvalue weighted by Crippen LogP contribution is 2.27. The van der Waals surface area contributed by atoms with Crippen molar-refractivity contribution in [3.8, 4) is 16.9 Å². The lowest BCUT2D eigenvalue weighted by Crippen LogP contribution is -2.62. The smallest absolute Gasteiger partial charge is 0.260 e. The average Bonchev–Trinajstić information content (AvgIpc) is 2.88. The van der Waals surface area contributed by atoms with E-state index >= 15 is 0 Å². The first-order chi connectivity index (χ1) is 16.1. The van der Waals surface area contributed by atoms with Crippen LogP contribution >= 0.6 is 0 Å². The number of hydrogen-bond donors (Lipinski definition) is 1. The Morgan fingerprint density at radius 1 is 1.09 bits per heavy atom. The van der Waals surface area contributed by atoms with Gasteiger partial charge >= 0.3 is 0 Å². The Balaban J connectivity index is 1.51. The molecule has 1 atom stereocenters. The molecule has 0 bridgehead atoms. The van der Waals surface area contributed by atoms with Gasteiger partial charge in [-0.3, -0.25) is 14.6 Å². The van der Waals surface area contributed by atoms with Crippen LogP contribution in [0.2, 0.25) is 0 Å². The van der Waals surface area contributed by atoms with Crippen molar-refractivity contribution >= 4 is 11.8 Å². The third-order valence-electron chi connectivity index (χ3n) is 5.70. The summed E-state index contributed by atoms with van der Waals surface area (Å²) in [5, 5.41) is 2.72. The molecule has 0 saturated carbocycles. The molecule has 170 valence electrons. The van der Waals surface area contributed by atoms with E-state index in [1.807, 2.05) is 54.6 Å². The average molecular weight is 446 g/mol. The van der Waals surface area contributed by atoms with Gasteiger partial charge in [0.2, 0.25) is 0 Å². The van der Waals surface area contributed by atoms with Crippen LogP contribution in [0.3, 0.4) is 0 Å². The Hall–Kier alpha value is -3.71. The predicted octanol–water partition coefficient (Wildman–Crippen LogP) is 2.71. The number of pyridine rings is 1. The van der Waals surface area contributed by atoms with Crippen molar-refractivity contribution in [3.05, 3.63) is 84.7 Å². The van der Waals surface area contributed by atoms with Gasteiger partial charge in [-0.1, -0.05) is 48.5 Å². The fourth-order valence-corrected chi connectivity index (χ4v) is 4.03. The molecule has 0 radical (unpaired) electrons. The topological polar surface area (TPSA) is 80.8 Å². The molecule has 1 aromatic heterocycles. The van der Waals surface area contributed by atoms with E-state index in [0.29, 0.717) is 18.7 Å². The Morgan fingerprint density at radius 3 is 2.67 bits per heavy atom. The molecule has 1 saturated heterocycles. The van der Waals surface area contributed by atoms with Gasteiger partial charge in [0, 0.05) is 32.4 Å². The molecule has 1 fully saturated rings. The van der Waals surface area contributed by atoms with E-state index in [-0.39, 0.29) is 31.6 Å². The normalized spacial score (nSPS) is 17.9. The van der Waals surface area contributed by atoms with E-state index in [1.165, 1.54) is 0 Å². The second kappa shape index (κ2) is 10.3. The van der Waals surface area contributed by atoms with Crippen molar-refractivity contribution in [1.82, 2.24) is 15.2 Å². The first-order valence-corrected chi connectivity index (χ1v) is 10.9. The molecule has 1 aliphatic heterocycles. The van der Waals surface area contributed by atoms with Crippen LogP contribution in [0.4, 0.5) is 0 Å². The molecule has 1 unspecified atom stereocenters. The zero-order valence-corrected chi connectivity index (χ0v) is 18.6. The van der Waals surface area contributed by atoms with Crippen LogP contribution in [0.15, 0.2) is 79.1 Å². The summed E-state index contributed by atoms with van der Waals surface area (Å²) in [6, 6.07) is 21.0. The van der Waals surface area contributed by atoms with Gasteiger partial charge in [-0.2, -0.15) is 0 Å². The van der Waals surface area contributed by atoms with Crippen LogP contribution in [0.25, 0.3) is 11.1 Å². The number of nitrogens with one attached hydrogen (secondary N) is 1. The van der Waals surface area contributed by atoms with Gasteiger partial charge in [0.05, 0.1) is 13.2 Å². The molecule has 0 aliphatic carbocycles. The van der Waals surface area contributed by atoms with Crippen molar-refractivity contribution in [2.24, 2.45) is 0 Å². The zero-order chi connectivity index (χ0) is 23.1. The van der Waals surface area contributed by atoms with Gasteiger partial charge in [-0.25, -0.2) is 0 Å². The van der Waals surface area contributed by atoms with Gasteiger partial charge in [-0.15, -0.1) is 0 Å². The van der Waals surface area contributed by atoms with Gasteiger partial charge in [0.25, 0.3) is 11.8 Å². The Kier molecular flexibility index (Phi) is 7.00. The number of rotatable bonds is 7. The van der Waals surface area contributed by atoms with Gasteiger partial charge in [0.15, 0.2) is 12.2 Å². The number of carbonyl (C=O) groups is 2. The molecule has 2 aromatic carbocycles. The molecule has 2 amide bonds. The van der Waals surface area contributed by atoms with E-state index in [1.54, 1.807) is 36.5 Å². The molecule has 1 N–H and O–H groups in total. The number of benzene rings is 2. The number of carbonyl (C=O) groups excluding carboxylic acids is 2. The molecule has 0 spiro atoms. The number of para-hydroxylation sites is 1. The molecule has 1 aliphatic rings. The molecule has 33 heavy (non-hydrogen) atoms. The summed E-state index contributed by atoms with van der Waals surface area (Å²) in [6.07, 6.45) is 3.87. The van der Waals surface area contributed by atoms with Crippen LogP contribution < -0.4 is 10.1 Å². The summed E-state index contributed by atoms with van der Waals surface area (Å²) < 4.78 is 11.7.